The van der Waals surface area contributed by atoms with Gasteiger partial charge >= 0.3 is 0 Å². The van der Waals surface area contributed by atoms with Gasteiger partial charge in [0.15, 0.2) is 0 Å². The van der Waals surface area contributed by atoms with Crippen molar-refractivity contribution in [2.24, 2.45) is 0 Å². The maximum atomic E-state index is 9.36. The number of hydrogen-bond donors (Lipinski definition) is 0. The van der Waals surface area contributed by atoms with Crippen molar-refractivity contribution in [3.8, 4) is 35.1 Å². The summed E-state index contributed by atoms with van der Waals surface area (Å²) in [4.78, 5) is 0. The van der Waals surface area contributed by atoms with Gasteiger partial charge in [0.2, 0.25) is 0 Å². The van der Waals surface area contributed by atoms with Crippen molar-refractivity contribution < 1.29 is 9.47 Å². The smallest absolute Gasteiger partial charge is 0.132 e. The molecule has 4 nitrogen and oxygen atoms in total. The Morgan fingerprint density at radius 2 is 1.13 bits per heavy atom. The molecule has 1 aliphatic rings. The van der Waals surface area contributed by atoms with E-state index in [0.717, 1.165) is 28.2 Å². The van der Waals surface area contributed by atoms with Crippen LogP contribution in [0.4, 0.5) is 0 Å². The number of ether oxygens (including phenoxy) is 2. The molecule has 0 aliphatic carbocycles. The summed E-state index contributed by atoms with van der Waals surface area (Å²) in [7, 11) is 0. The van der Waals surface area contributed by atoms with Gasteiger partial charge in [-0.05, 0) is 69.6 Å². The van der Waals surface area contributed by atoms with E-state index in [1.165, 1.54) is 21.5 Å². The molecule has 0 radical (unpaired) electrons. The predicted molar refractivity (Wildman–Crippen MR) is 151 cm³/mol. The topological polar surface area (TPSA) is 66.0 Å². The maximum Gasteiger partial charge on any atom is 0.132 e. The Morgan fingerprint density at radius 1 is 0.564 bits per heavy atom. The standard InChI is InChI=1S/C35H20N2O2/c36-20-25-11-16-28(19-26(25)21-37)38-27-14-9-24(10-15-27)33-34-29-7-3-1-5-22(29)12-17-31(34)39-32-18-13-23-6-2-4-8-30(23)35(32)33/h1-19,33H. The van der Waals surface area contributed by atoms with Crippen molar-refractivity contribution in [1.29, 1.82) is 10.5 Å². The first-order valence-corrected chi connectivity index (χ1v) is 12.7. The fraction of sp³-hybridized carbons (Fsp3) is 0.0286. The minimum atomic E-state index is -0.0462. The quantitative estimate of drug-likeness (QED) is 0.243. The summed E-state index contributed by atoms with van der Waals surface area (Å²) in [6.07, 6.45) is 0. The zero-order chi connectivity index (χ0) is 26.3. The first kappa shape index (κ1) is 22.6. The number of benzene rings is 6. The Balaban J connectivity index is 1.37. The number of nitriles is 2. The van der Waals surface area contributed by atoms with Gasteiger partial charge in [0.25, 0.3) is 0 Å². The Morgan fingerprint density at radius 3 is 1.72 bits per heavy atom. The third kappa shape index (κ3) is 3.75. The van der Waals surface area contributed by atoms with E-state index in [1.807, 2.05) is 18.2 Å². The molecular weight excluding hydrogens is 480 g/mol. The van der Waals surface area contributed by atoms with Crippen molar-refractivity contribution in [2.75, 3.05) is 0 Å². The first-order chi connectivity index (χ1) is 19.2. The summed E-state index contributed by atoms with van der Waals surface area (Å²) in [5.74, 6) is 2.84. The monoisotopic (exact) mass is 500 g/mol. The van der Waals surface area contributed by atoms with Crippen LogP contribution in [0.2, 0.25) is 0 Å². The van der Waals surface area contributed by atoms with Crippen LogP contribution in [0, 0.1) is 22.7 Å². The van der Waals surface area contributed by atoms with Crippen LogP contribution in [-0.4, -0.2) is 0 Å². The van der Waals surface area contributed by atoms with Gasteiger partial charge < -0.3 is 9.47 Å². The lowest BCUT2D eigenvalue weighted by molar-refractivity contribution is 0.456. The fourth-order valence-corrected chi connectivity index (χ4v) is 5.56. The lowest BCUT2D eigenvalue weighted by Gasteiger charge is -2.31. The van der Waals surface area contributed by atoms with Gasteiger partial charge in [0.1, 0.15) is 35.1 Å². The largest absolute Gasteiger partial charge is 0.457 e. The number of hydrogen-bond acceptors (Lipinski definition) is 4. The maximum absolute atomic E-state index is 9.36. The van der Waals surface area contributed by atoms with Gasteiger partial charge in [-0.1, -0.05) is 72.8 Å². The summed E-state index contributed by atoms with van der Waals surface area (Å²) in [5, 5.41) is 23.2. The molecule has 0 amide bonds. The van der Waals surface area contributed by atoms with Crippen LogP contribution >= 0.6 is 0 Å². The van der Waals surface area contributed by atoms with Crippen molar-refractivity contribution >= 4 is 21.5 Å². The van der Waals surface area contributed by atoms with E-state index in [2.05, 4.69) is 91.0 Å². The van der Waals surface area contributed by atoms with Crippen molar-refractivity contribution in [3.05, 3.63) is 143 Å². The molecule has 0 saturated carbocycles. The molecule has 0 spiro atoms. The molecule has 0 fully saturated rings. The van der Waals surface area contributed by atoms with Gasteiger partial charge in [0, 0.05) is 17.0 Å². The summed E-state index contributed by atoms with van der Waals surface area (Å²) < 4.78 is 12.6. The zero-order valence-electron chi connectivity index (χ0n) is 20.8. The van der Waals surface area contributed by atoms with Crippen molar-refractivity contribution in [1.82, 2.24) is 0 Å². The summed E-state index contributed by atoms with van der Waals surface area (Å²) in [6, 6.07) is 42.3. The van der Waals surface area contributed by atoms with Gasteiger partial charge in [-0.15, -0.1) is 0 Å². The number of rotatable bonds is 3. The second-order valence-corrected chi connectivity index (χ2v) is 9.53. The van der Waals surface area contributed by atoms with E-state index >= 15 is 0 Å². The molecule has 0 unspecified atom stereocenters. The molecule has 0 N–H and O–H groups in total. The first-order valence-electron chi connectivity index (χ1n) is 12.7. The van der Waals surface area contributed by atoms with Crippen LogP contribution in [0.15, 0.2) is 115 Å². The molecule has 0 atom stereocenters. The molecular formula is C35H20N2O2. The second-order valence-electron chi connectivity index (χ2n) is 9.53. The van der Waals surface area contributed by atoms with Crippen molar-refractivity contribution in [3.63, 3.8) is 0 Å². The molecule has 182 valence electrons. The molecule has 39 heavy (non-hydrogen) atoms. The molecule has 0 bridgehead atoms. The molecule has 0 aromatic heterocycles. The zero-order valence-corrected chi connectivity index (χ0v) is 20.8. The van der Waals surface area contributed by atoms with Crippen LogP contribution in [0.1, 0.15) is 33.7 Å². The Hall–Kier alpha value is -5.58. The molecule has 7 rings (SSSR count). The van der Waals surface area contributed by atoms with E-state index in [1.54, 1.807) is 18.2 Å². The summed E-state index contributed by atoms with van der Waals surface area (Å²) in [5.41, 5.74) is 4.04. The third-order valence-corrected chi connectivity index (χ3v) is 7.34. The Kier molecular flexibility index (Phi) is 5.25. The van der Waals surface area contributed by atoms with Crippen molar-refractivity contribution in [2.45, 2.75) is 5.92 Å². The van der Waals surface area contributed by atoms with Crippen LogP contribution in [-0.2, 0) is 0 Å². The van der Waals surface area contributed by atoms with Crippen LogP contribution in [0.25, 0.3) is 21.5 Å². The van der Waals surface area contributed by atoms with Crippen LogP contribution in [0.5, 0.6) is 23.0 Å². The van der Waals surface area contributed by atoms with E-state index < -0.39 is 0 Å². The highest BCUT2D eigenvalue weighted by atomic mass is 16.5. The normalized spacial score (nSPS) is 12.2. The van der Waals surface area contributed by atoms with Crippen LogP contribution in [0.3, 0.4) is 0 Å². The molecule has 6 aromatic carbocycles. The lowest BCUT2D eigenvalue weighted by atomic mass is 9.78. The van der Waals surface area contributed by atoms with Gasteiger partial charge in [-0.2, -0.15) is 10.5 Å². The van der Waals surface area contributed by atoms with E-state index in [-0.39, 0.29) is 5.92 Å². The highest BCUT2D eigenvalue weighted by molar-refractivity contribution is 5.95. The third-order valence-electron chi connectivity index (χ3n) is 7.34. The van der Waals surface area contributed by atoms with E-state index in [9.17, 15) is 10.5 Å². The highest BCUT2D eigenvalue weighted by Crippen LogP contribution is 2.52. The molecule has 1 heterocycles. The number of nitrogens with zero attached hydrogens (tertiary/aromatic N) is 2. The fourth-order valence-electron chi connectivity index (χ4n) is 5.56. The molecule has 6 aromatic rings. The van der Waals surface area contributed by atoms with E-state index in [4.69, 9.17) is 9.47 Å². The number of fused-ring (bicyclic) bond motifs is 6. The summed E-state index contributed by atoms with van der Waals surface area (Å²) >= 11 is 0. The molecule has 4 heteroatoms. The van der Waals surface area contributed by atoms with Gasteiger partial charge in [-0.25, -0.2) is 0 Å². The average Bonchev–Trinajstić information content (AvgIpc) is 3.00. The van der Waals surface area contributed by atoms with Gasteiger partial charge in [-0.3, -0.25) is 0 Å². The minimum absolute atomic E-state index is 0.0462. The minimum Gasteiger partial charge on any atom is -0.457 e. The second kappa shape index (κ2) is 9.06. The highest BCUT2D eigenvalue weighted by Gasteiger charge is 2.32. The van der Waals surface area contributed by atoms with E-state index in [0.29, 0.717) is 22.6 Å². The molecule has 0 saturated heterocycles. The average molecular weight is 501 g/mol. The summed E-state index contributed by atoms with van der Waals surface area (Å²) in [6.45, 7) is 0. The molecule has 1 aliphatic heterocycles. The SMILES string of the molecule is N#Cc1ccc(Oc2ccc(C3c4c(ccc5ccccc45)Oc4ccc5ccccc5c43)cc2)cc1C#N. The predicted octanol–water partition coefficient (Wildman–Crippen LogP) is 8.81. The Labute approximate surface area is 225 Å². The van der Waals surface area contributed by atoms with Crippen LogP contribution < -0.4 is 9.47 Å². The Bertz CT molecular complexity index is 1910. The van der Waals surface area contributed by atoms with Gasteiger partial charge in [0.05, 0.1) is 11.1 Å². The lowest BCUT2D eigenvalue weighted by Crippen LogP contribution is -2.13.